The molecular weight excluding hydrogens is 134 g/mol. The molecule has 4 nitrogen and oxygen atoms in total. The van der Waals surface area contributed by atoms with Crippen molar-refractivity contribution in [2.75, 3.05) is 6.54 Å². The zero-order chi connectivity index (χ0) is 8.36. The SMILES string of the molecule is CC(C)(CN)C(O)C(=O)O. The van der Waals surface area contributed by atoms with Crippen molar-refractivity contribution in [3.05, 3.63) is 0 Å². The molecule has 0 amide bonds. The Morgan fingerprint density at radius 3 is 2.20 bits per heavy atom. The van der Waals surface area contributed by atoms with Gasteiger partial charge >= 0.3 is 5.97 Å². The average Bonchev–Trinajstić information content (AvgIpc) is 1.86. The number of rotatable bonds is 3. The summed E-state index contributed by atoms with van der Waals surface area (Å²) in [6.45, 7) is 3.36. The van der Waals surface area contributed by atoms with Crippen molar-refractivity contribution in [2.24, 2.45) is 11.1 Å². The van der Waals surface area contributed by atoms with Gasteiger partial charge in [0.25, 0.3) is 0 Å². The molecule has 1 unspecified atom stereocenters. The second-order valence-electron chi connectivity index (χ2n) is 2.93. The van der Waals surface area contributed by atoms with Crippen LogP contribution in [0.3, 0.4) is 0 Å². The van der Waals surface area contributed by atoms with E-state index in [-0.39, 0.29) is 6.54 Å². The van der Waals surface area contributed by atoms with Crippen LogP contribution in [0.15, 0.2) is 0 Å². The summed E-state index contributed by atoms with van der Waals surface area (Å²) in [7, 11) is 0. The van der Waals surface area contributed by atoms with Crippen LogP contribution in [0.5, 0.6) is 0 Å². The highest BCUT2D eigenvalue weighted by molar-refractivity contribution is 5.72. The number of aliphatic hydroxyl groups is 1. The molecule has 0 aliphatic heterocycles. The van der Waals surface area contributed by atoms with E-state index in [1.54, 1.807) is 13.8 Å². The molecule has 0 aromatic carbocycles. The molecule has 0 radical (unpaired) electrons. The predicted molar refractivity (Wildman–Crippen MR) is 36.5 cm³/mol. The molecule has 0 aliphatic carbocycles. The van der Waals surface area contributed by atoms with Crippen molar-refractivity contribution in [1.29, 1.82) is 0 Å². The maximum atomic E-state index is 10.2. The number of carbonyl (C=O) groups is 1. The Kier molecular flexibility index (Phi) is 2.80. The smallest absolute Gasteiger partial charge is 0.333 e. The van der Waals surface area contributed by atoms with E-state index in [4.69, 9.17) is 15.9 Å². The van der Waals surface area contributed by atoms with Gasteiger partial charge < -0.3 is 15.9 Å². The zero-order valence-corrected chi connectivity index (χ0v) is 6.16. The molecule has 4 heteroatoms. The lowest BCUT2D eigenvalue weighted by molar-refractivity contribution is -0.152. The standard InChI is InChI=1S/C6H13NO3/c1-6(2,3-7)4(8)5(9)10/h4,8H,3,7H2,1-2H3,(H,9,10). The Morgan fingerprint density at radius 1 is 1.70 bits per heavy atom. The van der Waals surface area contributed by atoms with Crippen LogP contribution >= 0.6 is 0 Å². The number of carboxylic acids is 1. The van der Waals surface area contributed by atoms with Gasteiger partial charge in [-0.3, -0.25) is 0 Å². The van der Waals surface area contributed by atoms with Crippen molar-refractivity contribution in [2.45, 2.75) is 20.0 Å². The fraction of sp³-hybridized carbons (Fsp3) is 0.833. The van der Waals surface area contributed by atoms with Crippen molar-refractivity contribution in [3.63, 3.8) is 0 Å². The lowest BCUT2D eigenvalue weighted by Crippen LogP contribution is -2.41. The molecule has 0 heterocycles. The third kappa shape index (κ3) is 1.97. The Morgan fingerprint density at radius 2 is 2.10 bits per heavy atom. The number of hydrogen-bond acceptors (Lipinski definition) is 3. The van der Waals surface area contributed by atoms with Crippen LogP contribution in [-0.4, -0.2) is 28.8 Å². The van der Waals surface area contributed by atoms with Gasteiger partial charge in [-0.2, -0.15) is 0 Å². The topological polar surface area (TPSA) is 83.5 Å². The molecule has 0 spiro atoms. The van der Waals surface area contributed by atoms with Gasteiger partial charge in [0.2, 0.25) is 0 Å². The molecule has 0 bridgehead atoms. The van der Waals surface area contributed by atoms with E-state index in [2.05, 4.69) is 0 Å². The Balaban J connectivity index is 4.17. The molecule has 0 rings (SSSR count). The summed E-state index contributed by atoms with van der Waals surface area (Å²) in [5.74, 6) is -1.23. The fourth-order valence-electron chi connectivity index (χ4n) is 0.446. The number of aliphatic hydroxyl groups excluding tert-OH is 1. The molecule has 0 saturated heterocycles. The first-order valence-corrected chi connectivity index (χ1v) is 3.03. The molecule has 1 atom stereocenters. The van der Waals surface area contributed by atoms with Gasteiger partial charge in [-0.05, 0) is 0 Å². The zero-order valence-electron chi connectivity index (χ0n) is 6.16. The minimum absolute atomic E-state index is 0.153. The van der Waals surface area contributed by atoms with Crippen molar-refractivity contribution >= 4 is 5.97 Å². The maximum absolute atomic E-state index is 10.2. The van der Waals surface area contributed by atoms with Crippen LogP contribution in [-0.2, 0) is 4.79 Å². The van der Waals surface area contributed by atoms with Gasteiger partial charge in [0.15, 0.2) is 6.10 Å². The lowest BCUT2D eigenvalue weighted by atomic mass is 9.87. The highest BCUT2D eigenvalue weighted by atomic mass is 16.4. The summed E-state index contributed by atoms with van der Waals surface area (Å²) < 4.78 is 0. The summed E-state index contributed by atoms with van der Waals surface area (Å²) in [6, 6.07) is 0. The monoisotopic (exact) mass is 147 g/mol. The molecular formula is C6H13NO3. The van der Waals surface area contributed by atoms with Crippen LogP contribution in [0.2, 0.25) is 0 Å². The predicted octanol–water partition coefficient (Wildman–Crippen LogP) is -0.583. The van der Waals surface area contributed by atoms with Crippen LogP contribution in [0.1, 0.15) is 13.8 Å². The van der Waals surface area contributed by atoms with Crippen molar-refractivity contribution in [3.8, 4) is 0 Å². The summed E-state index contributed by atoms with van der Waals surface area (Å²) >= 11 is 0. The molecule has 0 aromatic heterocycles. The van der Waals surface area contributed by atoms with E-state index in [1.165, 1.54) is 0 Å². The minimum atomic E-state index is -1.38. The normalized spacial score (nSPS) is 14.8. The molecule has 0 saturated carbocycles. The summed E-state index contributed by atoms with van der Waals surface area (Å²) in [4.78, 5) is 10.2. The van der Waals surface area contributed by atoms with E-state index < -0.39 is 17.5 Å². The quantitative estimate of drug-likeness (QED) is 0.498. The van der Waals surface area contributed by atoms with Gasteiger partial charge in [0, 0.05) is 12.0 Å². The second-order valence-corrected chi connectivity index (χ2v) is 2.93. The van der Waals surface area contributed by atoms with Gasteiger partial charge in [-0.25, -0.2) is 4.79 Å². The second kappa shape index (κ2) is 2.98. The number of nitrogens with two attached hydrogens (primary N) is 1. The highest BCUT2D eigenvalue weighted by Crippen LogP contribution is 2.18. The van der Waals surface area contributed by atoms with E-state index in [0.29, 0.717) is 0 Å². The van der Waals surface area contributed by atoms with E-state index in [1.807, 2.05) is 0 Å². The van der Waals surface area contributed by atoms with E-state index in [0.717, 1.165) is 0 Å². The minimum Gasteiger partial charge on any atom is -0.479 e. The van der Waals surface area contributed by atoms with Crippen LogP contribution in [0.25, 0.3) is 0 Å². The van der Waals surface area contributed by atoms with Gasteiger partial charge in [0.1, 0.15) is 0 Å². The van der Waals surface area contributed by atoms with Crippen LogP contribution in [0.4, 0.5) is 0 Å². The average molecular weight is 147 g/mol. The number of aliphatic carboxylic acids is 1. The van der Waals surface area contributed by atoms with Crippen molar-refractivity contribution in [1.82, 2.24) is 0 Å². The number of carboxylic acid groups (broad SMARTS) is 1. The third-order valence-electron chi connectivity index (χ3n) is 1.50. The first kappa shape index (κ1) is 9.39. The summed E-state index contributed by atoms with van der Waals surface area (Å²) in [6.07, 6.45) is -1.38. The largest absolute Gasteiger partial charge is 0.479 e. The first-order chi connectivity index (χ1) is 4.41. The summed E-state index contributed by atoms with van der Waals surface area (Å²) in [5.41, 5.74) is 4.48. The fourth-order valence-corrected chi connectivity index (χ4v) is 0.446. The number of hydrogen-bond donors (Lipinski definition) is 3. The van der Waals surface area contributed by atoms with E-state index >= 15 is 0 Å². The Hall–Kier alpha value is -0.610. The Labute approximate surface area is 59.7 Å². The first-order valence-electron chi connectivity index (χ1n) is 3.03. The van der Waals surface area contributed by atoms with Crippen molar-refractivity contribution < 1.29 is 15.0 Å². The summed E-state index contributed by atoms with van der Waals surface area (Å²) in [5, 5.41) is 17.3. The van der Waals surface area contributed by atoms with Gasteiger partial charge in [-0.1, -0.05) is 13.8 Å². The van der Waals surface area contributed by atoms with E-state index in [9.17, 15) is 4.79 Å². The highest BCUT2D eigenvalue weighted by Gasteiger charge is 2.31. The molecule has 0 aromatic rings. The Bertz CT molecular complexity index is 133. The van der Waals surface area contributed by atoms with Gasteiger partial charge in [0.05, 0.1) is 0 Å². The van der Waals surface area contributed by atoms with Crippen LogP contribution in [0, 0.1) is 5.41 Å². The molecule has 60 valence electrons. The lowest BCUT2D eigenvalue weighted by Gasteiger charge is -2.25. The molecule has 0 aliphatic rings. The van der Waals surface area contributed by atoms with Gasteiger partial charge in [-0.15, -0.1) is 0 Å². The molecule has 4 N–H and O–H groups in total. The maximum Gasteiger partial charge on any atom is 0.333 e. The van der Waals surface area contributed by atoms with Crippen LogP contribution < -0.4 is 5.73 Å². The third-order valence-corrected chi connectivity index (χ3v) is 1.50. The molecule has 10 heavy (non-hydrogen) atoms. The molecule has 0 fully saturated rings.